The molecule has 0 spiro atoms. The van der Waals surface area contributed by atoms with E-state index in [-0.39, 0.29) is 0 Å². The maximum atomic E-state index is 5.95. The first-order chi connectivity index (χ1) is 11.6. The molecule has 5 nitrogen and oxygen atoms in total. The Morgan fingerprint density at radius 2 is 2.04 bits per heavy atom. The molecule has 0 amide bonds. The van der Waals surface area contributed by atoms with Crippen LogP contribution in [0.3, 0.4) is 0 Å². The molecule has 0 aliphatic heterocycles. The third-order valence-corrected chi connectivity index (χ3v) is 3.66. The molecule has 1 heterocycles. The number of pyridine rings is 1. The number of nitrogens with two attached hydrogens (primary N) is 1. The summed E-state index contributed by atoms with van der Waals surface area (Å²) in [4.78, 5) is 8.60. The number of hydrogen-bond donors (Lipinski definition) is 3. The van der Waals surface area contributed by atoms with Crippen molar-refractivity contribution >= 4 is 17.5 Å². The summed E-state index contributed by atoms with van der Waals surface area (Å²) in [6, 6.07) is 14.1. The van der Waals surface area contributed by atoms with E-state index in [0.29, 0.717) is 18.4 Å². The molecule has 1 aromatic carbocycles. The molecule has 0 saturated heterocycles. The molecule has 0 unspecified atom stereocenters. The number of nitrogens with zero attached hydrogens (tertiary/aromatic N) is 2. The molecule has 128 valence electrons. The van der Waals surface area contributed by atoms with Crippen molar-refractivity contribution < 1.29 is 0 Å². The zero-order valence-corrected chi connectivity index (χ0v) is 14.5. The van der Waals surface area contributed by atoms with Gasteiger partial charge in [-0.05, 0) is 48.6 Å². The minimum atomic E-state index is 0.466. The molecular formula is C19H27N5. The Labute approximate surface area is 144 Å². The average molecular weight is 325 g/mol. The summed E-state index contributed by atoms with van der Waals surface area (Å²) in [7, 11) is 0. The quantitative estimate of drug-likeness (QED) is 0.392. The van der Waals surface area contributed by atoms with Gasteiger partial charge < -0.3 is 16.4 Å². The lowest BCUT2D eigenvalue weighted by Crippen LogP contribution is -2.23. The van der Waals surface area contributed by atoms with Gasteiger partial charge in [-0.15, -0.1) is 0 Å². The van der Waals surface area contributed by atoms with Crippen molar-refractivity contribution in [2.45, 2.75) is 32.6 Å². The smallest absolute Gasteiger partial charge is 0.193 e. The summed E-state index contributed by atoms with van der Waals surface area (Å²) in [5.74, 6) is 1.87. The molecule has 24 heavy (non-hydrogen) atoms. The summed E-state index contributed by atoms with van der Waals surface area (Å²) in [5.41, 5.74) is 8.22. The second kappa shape index (κ2) is 9.55. The van der Waals surface area contributed by atoms with Crippen molar-refractivity contribution in [2.24, 2.45) is 10.7 Å². The van der Waals surface area contributed by atoms with E-state index in [0.717, 1.165) is 30.9 Å². The second-order valence-electron chi connectivity index (χ2n) is 6.02. The van der Waals surface area contributed by atoms with E-state index in [1.54, 1.807) is 6.20 Å². The number of aliphatic imine (C=N–C) groups is 1. The Kier molecular flexibility index (Phi) is 7.08. The Morgan fingerprint density at radius 1 is 1.17 bits per heavy atom. The number of unbranched alkanes of at least 4 members (excludes halogenated alkanes) is 1. The zero-order valence-electron chi connectivity index (χ0n) is 14.5. The molecule has 0 bridgehead atoms. The van der Waals surface area contributed by atoms with Crippen molar-refractivity contribution in [2.75, 3.05) is 23.7 Å². The van der Waals surface area contributed by atoms with Crippen molar-refractivity contribution in [3.63, 3.8) is 0 Å². The van der Waals surface area contributed by atoms with Gasteiger partial charge in [0.1, 0.15) is 5.82 Å². The predicted molar refractivity (Wildman–Crippen MR) is 103 cm³/mol. The predicted octanol–water partition coefficient (Wildman–Crippen LogP) is 3.82. The van der Waals surface area contributed by atoms with Crippen LogP contribution in [0.25, 0.3) is 0 Å². The normalized spacial score (nSPS) is 11.5. The highest BCUT2D eigenvalue weighted by Gasteiger charge is 2.01. The summed E-state index contributed by atoms with van der Waals surface area (Å²) in [6.45, 7) is 5.95. The van der Waals surface area contributed by atoms with E-state index in [9.17, 15) is 0 Å². The Balaban J connectivity index is 1.67. The minimum Gasteiger partial charge on any atom is -0.370 e. The van der Waals surface area contributed by atoms with Gasteiger partial charge in [0, 0.05) is 25.0 Å². The van der Waals surface area contributed by atoms with Crippen LogP contribution in [-0.4, -0.2) is 24.0 Å². The fourth-order valence-corrected chi connectivity index (χ4v) is 2.28. The van der Waals surface area contributed by atoms with Gasteiger partial charge in [-0.25, -0.2) is 4.98 Å². The first-order valence-electron chi connectivity index (χ1n) is 8.47. The van der Waals surface area contributed by atoms with Crippen LogP contribution in [0, 0.1) is 0 Å². The minimum absolute atomic E-state index is 0.466. The lowest BCUT2D eigenvalue weighted by Gasteiger charge is -2.10. The second-order valence-corrected chi connectivity index (χ2v) is 6.02. The van der Waals surface area contributed by atoms with Crippen molar-refractivity contribution in [1.82, 2.24) is 4.98 Å². The molecule has 0 saturated carbocycles. The van der Waals surface area contributed by atoms with E-state index in [4.69, 9.17) is 5.73 Å². The molecular weight excluding hydrogens is 298 g/mol. The summed E-state index contributed by atoms with van der Waals surface area (Å²) < 4.78 is 0. The van der Waals surface area contributed by atoms with Crippen LogP contribution in [0.1, 0.15) is 38.2 Å². The molecule has 0 fully saturated rings. The monoisotopic (exact) mass is 325 g/mol. The zero-order chi connectivity index (χ0) is 17.2. The van der Waals surface area contributed by atoms with Crippen LogP contribution in [-0.2, 0) is 0 Å². The van der Waals surface area contributed by atoms with E-state index >= 15 is 0 Å². The molecule has 0 radical (unpaired) electrons. The highest BCUT2D eigenvalue weighted by molar-refractivity contribution is 5.92. The van der Waals surface area contributed by atoms with Crippen molar-refractivity contribution in [1.29, 1.82) is 0 Å². The lowest BCUT2D eigenvalue weighted by atomic mass is 10.0. The van der Waals surface area contributed by atoms with Gasteiger partial charge in [-0.3, -0.25) is 4.99 Å². The number of rotatable bonds is 8. The maximum Gasteiger partial charge on any atom is 0.193 e. The van der Waals surface area contributed by atoms with Crippen LogP contribution in [0.15, 0.2) is 53.7 Å². The van der Waals surface area contributed by atoms with Gasteiger partial charge in [-0.2, -0.15) is 0 Å². The first kappa shape index (κ1) is 17.8. The molecule has 0 aliphatic carbocycles. The van der Waals surface area contributed by atoms with Crippen LogP contribution in [0.5, 0.6) is 0 Å². The van der Waals surface area contributed by atoms with Crippen LogP contribution < -0.4 is 16.4 Å². The number of benzene rings is 1. The lowest BCUT2D eigenvalue weighted by molar-refractivity contribution is 0.772. The van der Waals surface area contributed by atoms with Crippen LogP contribution in [0.2, 0.25) is 0 Å². The van der Waals surface area contributed by atoms with E-state index in [1.165, 1.54) is 5.56 Å². The number of nitrogens with one attached hydrogen (secondary N) is 2. The van der Waals surface area contributed by atoms with E-state index in [1.807, 2.05) is 30.3 Å². The highest BCUT2D eigenvalue weighted by atomic mass is 15.1. The standard InChI is InChI=1S/C19H27N5/c1-15(2)16-8-7-9-17(14-16)24-19(20)23-13-6-5-12-22-18-10-3-4-11-21-18/h3-4,7-11,14-15H,5-6,12-13H2,1-2H3,(H,21,22)(H3,20,23,24). The summed E-state index contributed by atoms with van der Waals surface area (Å²) >= 11 is 0. The van der Waals surface area contributed by atoms with Gasteiger partial charge in [-0.1, -0.05) is 32.0 Å². The molecule has 0 aliphatic rings. The van der Waals surface area contributed by atoms with Crippen molar-refractivity contribution in [3.8, 4) is 0 Å². The first-order valence-corrected chi connectivity index (χ1v) is 8.47. The van der Waals surface area contributed by atoms with E-state index < -0.39 is 0 Å². The maximum absolute atomic E-state index is 5.95. The van der Waals surface area contributed by atoms with Crippen LogP contribution >= 0.6 is 0 Å². The summed E-state index contributed by atoms with van der Waals surface area (Å²) in [5, 5.41) is 6.44. The number of anilines is 2. The topological polar surface area (TPSA) is 75.3 Å². The molecule has 4 N–H and O–H groups in total. The van der Waals surface area contributed by atoms with Gasteiger partial charge >= 0.3 is 0 Å². The third-order valence-electron chi connectivity index (χ3n) is 3.66. The number of guanidine groups is 1. The van der Waals surface area contributed by atoms with Crippen molar-refractivity contribution in [3.05, 3.63) is 54.2 Å². The fourth-order valence-electron chi connectivity index (χ4n) is 2.28. The number of hydrogen-bond acceptors (Lipinski definition) is 3. The van der Waals surface area contributed by atoms with Gasteiger partial charge in [0.25, 0.3) is 0 Å². The Morgan fingerprint density at radius 3 is 2.79 bits per heavy atom. The largest absolute Gasteiger partial charge is 0.370 e. The Bertz CT molecular complexity index is 637. The SMILES string of the molecule is CC(C)c1cccc(NC(N)=NCCCCNc2ccccn2)c1. The average Bonchev–Trinajstić information content (AvgIpc) is 2.59. The summed E-state index contributed by atoms with van der Waals surface area (Å²) in [6.07, 6.45) is 3.79. The Hall–Kier alpha value is -2.56. The highest BCUT2D eigenvalue weighted by Crippen LogP contribution is 2.18. The van der Waals surface area contributed by atoms with Gasteiger partial charge in [0.2, 0.25) is 0 Å². The number of aromatic nitrogens is 1. The fraction of sp³-hybridized carbons (Fsp3) is 0.368. The van der Waals surface area contributed by atoms with Gasteiger partial charge in [0.15, 0.2) is 5.96 Å². The molecule has 5 heteroatoms. The third kappa shape index (κ3) is 6.28. The molecule has 2 aromatic rings. The van der Waals surface area contributed by atoms with E-state index in [2.05, 4.69) is 46.6 Å². The molecule has 2 rings (SSSR count). The van der Waals surface area contributed by atoms with Gasteiger partial charge in [0.05, 0.1) is 0 Å². The molecule has 1 aromatic heterocycles. The molecule has 0 atom stereocenters. The van der Waals surface area contributed by atoms with Crippen LogP contribution in [0.4, 0.5) is 11.5 Å².